The van der Waals surface area contributed by atoms with Gasteiger partial charge in [0.25, 0.3) is 10.0 Å². The van der Waals surface area contributed by atoms with Gasteiger partial charge in [0.1, 0.15) is 22.3 Å². The Morgan fingerprint density at radius 3 is 2.30 bits per heavy atom. The summed E-state index contributed by atoms with van der Waals surface area (Å²) in [7, 11) is -4.35. The fraction of sp³-hybridized carbons (Fsp3) is 0. The fourth-order valence-corrected chi connectivity index (χ4v) is 2.92. The van der Waals surface area contributed by atoms with E-state index in [9.17, 15) is 21.6 Å². The lowest BCUT2D eigenvalue weighted by molar-refractivity contribution is 0.568. The topological polar surface area (TPSA) is 46.2 Å². The normalized spacial score (nSPS) is 11.4. The van der Waals surface area contributed by atoms with Gasteiger partial charge in [0.05, 0.1) is 5.69 Å². The van der Waals surface area contributed by atoms with Gasteiger partial charge in [-0.3, -0.25) is 4.72 Å². The minimum Gasteiger partial charge on any atom is -0.276 e. The molecular weight excluding hydrogens is 359 g/mol. The van der Waals surface area contributed by atoms with Gasteiger partial charge in [-0.25, -0.2) is 21.6 Å². The Morgan fingerprint density at radius 1 is 0.950 bits per heavy atom. The van der Waals surface area contributed by atoms with Crippen LogP contribution in [0.1, 0.15) is 0 Å². The third-order valence-corrected chi connectivity index (χ3v) is 4.25. The summed E-state index contributed by atoms with van der Waals surface area (Å²) in [6.07, 6.45) is 0. The molecule has 0 fully saturated rings. The van der Waals surface area contributed by atoms with Gasteiger partial charge in [0.15, 0.2) is 0 Å². The molecular formula is C12H7BrF3NO2S. The lowest BCUT2D eigenvalue weighted by Crippen LogP contribution is -2.15. The Hall–Kier alpha value is -1.54. The number of sulfonamides is 1. The largest absolute Gasteiger partial charge is 0.276 e. The van der Waals surface area contributed by atoms with E-state index in [1.54, 1.807) is 4.72 Å². The van der Waals surface area contributed by atoms with Crippen molar-refractivity contribution in [3.05, 3.63) is 58.3 Å². The predicted molar refractivity (Wildman–Crippen MR) is 71.3 cm³/mol. The molecule has 8 heteroatoms. The molecule has 0 radical (unpaired) electrons. The van der Waals surface area contributed by atoms with E-state index in [1.165, 1.54) is 6.07 Å². The summed E-state index contributed by atoms with van der Waals surface area (Å²) in [6, 6.07) is 5.57. The third-order valence-electron chi connectivity index (χ3n) is 2.36. The van der Waals surface area contributed by atoms with E-state index in [-0.39, 0.29) is 0 Å². The first-order valence-corrected chi connectivity index (χ1v) is 7.50. The SMILES string of the molecule is O=S(=O)(Nc1cc(F)ccc1F)c1ccc(Br)cc1F. The van der Waals surface area contributed by atoms with Crippen LogP contribution < -0.4 is 4.72 Å². The van der Waals surface area contributed by atoms with E-state index in [0.29, 0.717) is 10.5 Å². The van der Waals surface area contributed by atoms with Gasteiger partial charge < -0.3 is 0 Å². The monoisotopic (exact) mass is 365 g/mol. The zero-order valence-corrected chi connectivity index (χ0v) is 12.1. The minimum absolute atomic E-state index is 0.353. The zero-order chi connectivity index (χ0) is 14.9. The highest BCUT2D eigenvalue weighted by molar-refractivity contribution is 9.10. The molecule has 2 aromatic carbocycles. The molecule has 1 N–H and O–H groups in total. The van der Waals surface area contributed by atoms with E-state index in [0.717, 1.165) is 24.3 Å². The van der Waals surface area contributed by atoms with Gasteiger partial charge in [0.2, 0.25) is 0 Å². The second-order valence-corrected chi connectivity index (χ2v) is 6.37. The van der Waals surface area contributed by atoms with Crippen LogP contribution in [0.3, 0.4) is 0 Å². The minimum atomic E-state index is -4.35. The maximum Gasteiger partial charge on any atom is 0.264 e. The van der Waals surface area contributed by atoms with E-state index in [1.807, 2.05) is 0 Å². The summed E-state index contributed by atoms with van der Waals surface area (Å²) in [5.74, 6) is -2.79. The van der Waals surface area contributed by atoms with Gasteiger partial charge >= 0.3 is 0 Å². The molecule has 0 amide bonds. The summed E-state index contributed by atoms with van der Waals surface area (Å²) in [5, 5.41) is 0. The van der Waals surface area contributed by atoms with Crippen molar-refractivity contribution in [2.75, 3.05) is 4.72 Å². The Morgan fingerprint density at radius 2 is 1.65 bits per heavy atom. The Kier molecular flexibility index (Phi) is 4.05. The first-order valence-electron chi connectivity index (χ1n) is 5.22. The molecule has 0 atom stereocenters. The van der Waals surface area contributed by atoms with Gasteiger partial charge in [-0.1, -0.05) is 15.9 Å². The van der Waals surface area contributed by atoms with Gasteiger partial charge in [-0.05, 0) is 30.3 Å². The molecule has 2 rings (SSSR count). The molecule has 0 bridgehead atoms. The third kappa shape index (κ3) is 3.13. The lowest BCUT2D eigenvalue weighted by atomic mass is 10.3. The zero-order valence-electron chi connectivity index (χ0n) is 9.70. The van der Waals surface area contributed by atoms with Crippen molar-refractivity contribution in [2.24, 2.45) is 0 Å². The lowest BCUT2D eigenvalue weighted by Gasteiger charge is -2.10. The molecule has 20 heavy (non-hydrogen) atoms. The molecule has 0 aromatic heterocycles. The van der Waals surface area contributed by atoms with Crippen molar-refractivity contribution < 1.29 is 21.6 Å². The van der Waals surface area contributed by atoms with Crippen molar-refractivity contribution in [3.8, 4) is 0 Å². The molecule has 0 aliphatic heterocycles. The summed E-state index contributed by atoms with van der Waals surface area (Å²) < 4.78 is 66.0. The van der Waals surface area contributed by atoms with Crippen LogP contribution in [0, 0.1) is 17.5 Å². The standard InChI is InChI=1S/C12H7BrF3NO2S/c13-7-1-4-12(10(16)5-7)20(18,19)17-11-6-8(14)2-3-9(11)15/h1-6,17H. The highest BCUT2D eigenvalue weighted by Gasteiger charge is 2.21. The maximum absolute atomic E-state index is 13.6. The number of rotatable bonds is 3. The molecule has 0 unspecified atom stereocenters. The number of hydrogen-bond donors (Lipinski definition) is 1. The average Bonchev–Trinajstić information content (AvgIpc) is 2.33. The van der Waals surface area contributed by atoms with Crippen LogP contribution in [0.25, 0.3) is 0 Å². The van der Waals surface area contributed by atoms with Crippen LogP contribution in [-0.2, 0) is 10.0 Å². The summed E-state index contributed by atoms with van der Waals surface area (Å²) in [4.78, 5) is -0.663. The molecule has 0 heterocycles. The van der Waals surface area contributed by atoms with Crippen molar-refractivity contribution in [1.29, 1.82) is 0 Å². The smallest absolute Gasteiger partial charge is 0.264 e. The van der Waals surface area contributed by atoms with Crippen LogP contribution in [0.4, 0.5) is 18.9 Å². The summed E-state index contributed by atoms with van der Waals surface area (Å²) in [6.45, 7) is 0. The van der Waals surface area contributed by atoms with E-state index in [2.05, 4.69) is 15.9 Å². The fourth-order valence-electron chi connectivity index (χ4n) is 1.47. The van der Waals surface area contributed by atoms with Gasteiger partial charge in [0, 0.05) is 10.5 Å². The van der Waals surface area contributed by atoms with Gasteiger partial charge in [-0.15, -0.1) is 0 Å². The Bertz CT molecular complexity index is 765. The number of anilines is 1. The first kappa shape index (κ1) is 14.9. The molecule has 0 aliphatic rings. The molecule has 0 spiro atoms. The molecule has 3 nitrogen and oxygen atoms in total. The van der Waals surface area contributed by atoms with Gasteiger partial charge in [-0.2, -0.15) is 0 Å². The van der Waals surface area contributed by atoms with E-state index >= 15 is 0 Å². The van der Waals surface area contributed by atoms with Crippen molar-refractivity contribution in [2.45, 2.75) is 4.90 Å². The number of benzene rings is 2. The van der Waals surface area contributed by atoms with E-state index < -0.39 is 38.1 Å². The van der Waals surface area contributed by atoms with Crippen LogP contribution in [-0.4, -0.2) is 8.42 Å². The van der Waals surface area contributed by atoms with Crippen LogP contribution in [0.2, 0.25) is 0 Å². The van der Waals surface area contributed by atoms with Crippen molar-refractivity contribution in [1.82, 2.24) is 0 Å². The first-order chi connectivity index (χ1) is 9.29. The van der Waals surface area contributed by atoms with E-state index in [4.69, 9.17) is 0 Å². The maximum atomic E-state index is 13.6. The Labute approximate surface area is 121 Å². The summed E-state index contributed by atoms with van der Waals surface area (Å²) >= 11 is 2.99. The quantitative estimate of drug-likeness (QED) is 0.901. The predicted octanol–water partition coefficient (Wildman–Crippen LogP) is 3.67. The highest BCUT2D eigenvalue weighted by atomic mass is 79.9. The number of nitrogens with one attached hydrogen (secondary N) is 1. The van der Waals surface area contributed by atoms with Crippen molar-refractivity contribution >= 4 is 31.6 Å². The Balaban J connectivity index is 2.43. The van der Waals surface area contributed by atoms with Crippen LogP contribution in [0.5, 0.6) is 0 Å². The molecule has 0 saturated heterocycles. The molecule has 0 aliphatic carbocycles. The highest BCUT2D eigenvalue weighted by Crippen LogP contribution is 2.23. The number of hydrogen-bond acceptors (Lipinski definition) is 2. The van der Waals surface area contributed by atoms with Crippen molar-refractivity contribution in [3.63, 3.8) is 0 Å². The number of halogens is 4. The van der Waals surface area contributed by atoms with Crippen LogP contribution in [0.15, 0.2) is 45.8 Å². The molecule has 2 aromatic rings. The molecule has 106 valence electrons. The average molecular weight is 366 g/mol. The summed E-state index contributed by atoms with van der Waals surface area (Å²) in [5.41, 5.74) is -0.590. The second kappa shape index (κ2) is 5.45. The second-order valence-electron chi connectivity index (χ2n) is 3.80. The molecule has 0 saturated carbocycles. The van der Waals surface area contributed by atoms with Crippen LogP contribution >= 0.6 is 15.9 Å².